The SMILES string of the molecule is CC(C)(C)OC(=O)N1CCC(NC(=O)CCC(=O)Nc2ccc3[nH]c(=O)[nH]c3n2)C1. The first-order valence-electron chi connectivity index (χ1n) is 9.75. The lowest BCUT2D eigenvalue weighted by molar-refractivity contribution is -0.124. The van der Waals surface area contributed by atoms with Gasteiger partial charge in [-0.2, -0.15) is 0 Å². The molecule has 0 saturated carbocycles. The quantitative estimate of drug-likeness (QED) is 0.571. The van der Waals surface area contributed by atoms with Crippen LogP contribution in [0.25, 0.3) is 11.2 Å². The number of H-pyrrole nitrogens is 2. The summed E-state index contributed by atoms with van der Waals surface area (Å²) < 4.78 is 5.33. The third kappa shape index (κ3) is 5.82. The first-order chi connectivity index (χ1) is 14.1. The molecule has 162 valence electrons. The van der Waals surface area contributed by atoms with Crippen molar-refractivity contribution in [2.45, 2.75) is 51.7 Å². The van der Waals surface area contributed by atoms with Crippen molar-refractivity contribution < 1.29 is 19.1 Å². The third-order valence-corrected chi connectivity index (χ3v) is 4.43. The van der Waals surface area contributed by atoms with Gasteiger partial charge in [0.1, 0.15) is 11.4 Å². The summed E-state index contributed by atoms with van der Waals surface area (Å²) in [5.41, 5.74) is -0.0721. The first-order valence-corrected chi connectivity index (χ1v) is 9.75. The second kappa shape index (κ2) is 8.56. The Hall–Kier alpha value is -3.37. The summed E-state index contributed by atoms with van der Waals surface area (Å²) in [5.74, 6) is -0.344. The average molecular weight is 418 g/mol. The minimum atomic E-state index is -0.568. The fourth-order valence-corrected chi connectivity index (χ4v) is 3.09. The maximum atomic E-state index is 12.2. The minimum absolute atomic E-state index is 0.0119. The zero-order valence-corrected chi connectivity index (χ0v) is 17.2. The van der Waals surface area contributed by atoms with Crippen molar-refractivity contribution in [3.63, 3.8) is 0 Å². The Morgan fingerprint density at radius 2 is 1.93 bits per heavy atom. The molecule has 1 aliphatic rings. The number of rotatable bonds is 5. The maximum absolute atomic E-state index is 12.2. The number of amides is 3. The largest absolute Gasteiger partial charge is 0.444 e. The number of carbonyl (C=O) groups excluding carboxylic acids is 3. The van der Waals surface area contributed by atoms with Gasteiger partial charge in [0, 0.05) is 32.0 Å². The van der Waals surface area contributed by atoms with Crippen molar-refractivity contribution >= 4 is 34.9 Å². The van der Waals surface area contributed by atoms with Crippen LogP contribution in [0.1, 0.15) is 40.0 Å². The Labute approximate surface area is 172 Å². The number of anilines is 1. The lowest BCUT2D eigenvalue weighted by atomic mass is 10.2. The van der Waals surface area contributed by atoms with Crippen LogP contribution in [0.5, 0.6) is 0 Å². The Morgan fingerprint density at radius 1 is 1.20 bits per heavy atom. The molecule has 3 rings (SSSR count). The Kier molecular flexibility index (Phi) is 6.09. The number of fused-ring (bicyclic) bond motifs is 1. The topological polar surface area (TPSA) is 149 Å². The van der Waals surface area contributed by atoms with Crippen molar-refractivity contribution in [1.82, 2.24) is 25.2 Å². The van der Waals surface area contributed by atoms with Gasteiger partial charge < -0.3 is 25.3 Å². The standard InChI is InChI=1S/C19H26N6O5/c1-19(2,3)30-18(29)25-9-8-11(10-25)20-14(26)6-7-15(27)22-13-5-4-12-16(23-13)24-17(28)21-12/h4-5,11H,6-10H2,1-3H3,(H,20,26)(H3,21,22,23,24,27,28). The fraction of sp³-hybridized carbons (Fsp3) is 0.526. The van der Waals surface area contributed by atoms with Crippen LogP contribution in [0.2, 0.25) is 0 Å². The van der Waals surface area contributed by atoms with Gasteiger partial charge in [0.05, 0.1) is 5.52 Å². The van der Waals surface area contributed by atoms with Crippen LogP contribution < -0.4 is 16.3 Å². The molecule has 0 aromatic carbocycles. The highest BCUT2D eigenvalue weighted by molar-refractivity contribution is 5.93. The third-order valence-electron chi connectivity index (χ3n) is 4.43. The zero-order chi connectivity index (χ0) is 21.9. The van der Waals surface area contributed by atoms with Crippen LogP contribution in [0.3, 0.4) is 0 Å². The highest BCUT2D eigenvalue weighted by atomic mass is 16.6. The van der Waals surface area contributed by atoms with E-state index in [9.17, 15) is 19.2 Å². The number of aromatic amines is 2. The Morgan fingerprint density at radius 3 is 2.67 bits per heavy atom. The number of hydrogen-bond acceptors (Lipinski definition) is 6. The zero-order valence-electron chi connectivity index (χ0n) is 17.2. The molecule has 1 fully saturated rings. The van der Waals surface area contributed by atoms with E-state index < -0.39 is 11.7 Å². The van der Waals surface area contributed by atoms with E-state index in [0.29, 0.717) is 30.7 Å². The number of carbonyl (C=O) groups is 3. The molecule has 0 spiro atoms. The second-order valence-corrected chi connectivity index (χ2v) is 8.20. The molecule has 2 aromatic heterocycles. The highest BCUT2D eigenvalue weighted by Crippen LogP contribution is 2.15. The van der Waals surface area contributed by atoms with Gasteiger partial charge in [-0.05, 0) is 39.3 Å². The molecule has 0 radical (unpaired) electrons. The summed E-state index contributed by atoms with van der Waals surface area (Å²) in [7, 11) is 0. The van der Waals surface area contributed by atoms with Crippen molar-refractivity contribution in [2.24, 2.45) is 0 Å². The van der Waals surface area contributed by atoms with E-state index in [2.05, 4.69) is 25.6 Å². The van der Waals surface area contributed by atoms with Gasteiger partial charge in [-0.3, -0.25) is 14.6 Å². The monoisotopic (exact) mass is 418 g/mol. The van der Waals surface area contributed by atoms with Gasteiger partial charge in [-0.1, -0.05) is 0 Å². The minimum Gasteiger partial charge on any atom is -0.444 e. The molecule has 30 heavy (non-hydrogen) atoms. The molecular formula is C19H26N6O5. The van der Waals surface area contributed by atoms with Crippen molar-refractivity contribution in [3.8, 4) is 0 Å². The maximum Gasteiger partial charge on any atom is 0.410 e. The van der Waals surface area contributed by atoms with Gasteiger partial charge in [0.2, 0.25) is 11.8 Å². The van der Waals surface area contributed by atoms with Crippen LogP contribution in [-0.2, 0) is 14.3 Å². The molecule has 2 aromatic rings. The van der Waals surface area contributed by atoms with Crippen LogP contribution in [-0.4, -0.2) is 62.5 Å². The lowest BCUT2D eigenvalue weighted by Crippen LogP contribution is -2.40. The predicted molar refractivity (Wildman–Crippen MR) is 109 cm³/mol. The average Bonchev–Trinajstić information content (AvgIpc) is 3.24. The van der Waals surface area contributed by atoms with Crippen molar-refractivity contribution in [1.29, 1.82) is 0 Å². The smallest absolute Gasteiger partial charge is 0.410 e. The van der Waals surface area contributed by atoms with Crippen molar-refractivity contribution in [3.05, 3.63) is 22.6 Å². The van der Waals surface area contributed by atoms with E-state index in [1.54, 1.807) is 37.8 Å². The normalized spacial score (nSPS) is 16.5. The molecule has 11 nitrogen and oxygen atoms in total. The number of aromatic nitrogens is 3. The molecule has 1 saturated heterocycles. The molecule has 4 N–H and O–H groups in total. The van der Waals surface area contributed by atoms with Crippen LogP contribution in [0.4, 0.5) is 10.6 Å². The van der Waals surface area contributed by atoms with E-state index in [4.69, 9.17) is 4.74 Å². The summed E-state index contributed by atoms with van der Waals surface area (Å²) >= 11 is 0. The van der Waals surface area contributed by atoms with E-state index in [1.165, 1.54) is 0 Å². The molecule has 11 heteroatoms. The number of pyridine rings is 1. The molecular weight excluding hydrogens is 392 g/mol. The highest BCUT2D eigenvalue weighted by Gasteiger charge is 2.30. The van der Waals surface area contributed by atoms with E-state index in [-0.39, 0.29) is 42.2 Å². The van der Waals surface area contributed by atoms with E-state index in [1.807, 2.05) is 0 Å². The number of hydrogen-bond donors (Lipinski definition) is 4. The summed E-state index contributed by atoms with van der Waals surface area (Å²) in [5, 5.41) is 5.45. The van der Waals surface area contributed by atoms with Crippen molar-refractivity contribution in [2.75, 3.05) is 18.4 Å². The number of imidazole rings is 1. The summed E-state index contributed by atoms with van der Waals surface area (Å²) in [6, 6.07) is 3.02. The molecule has 1 atom stereocenters. The predicted octanol–water partition coefficient (Wildman–Crippen LogP) is 1.10. The van der Waals surface area contributed by atoms with Crippen LogP contribution in [0, 0.1) is 0 Å². The Balaban J connectivity index is 1.41. The number of nitrogens with zero attached hydrogens (tertiary/aromatic N) is 2. The van der Waals surface area contributed by atoms with Gasteiger partial charge in [-0.15, -0.1) is 0 Å². The van der Waals surface area contributed by atoms with Gasteiger partial charge >= 0.3 is 11.8 Å². The fourth-order valence-electron chi connectivity index (χ4n) is 3.09. The van der Waals surface area contributed by atoms with Crippen LogP contribution >= 0.6 is 0 Å². The van der Waals surface area contributed by atoms with Gasteiger partial charge in [-0.25, -0.2) is 14.6 Å². The second-order valence-electron chi connectivity index (χ2n) is 8.20. The molecule has 0 bridgehead atoms. The molecule has 1 aliphatic heterocycles. The summed E-state index contributed by atoms with van der Waals surface area (Å²) in [6.07, 6.45) is 0.234. The summed E-state index contributed by atoms with van der Waals surface area (Å²) in [4.78, 5) is 58.3. The van der Waals surface area contributed by atoms with E-state index in [0.717, 1.165) is 0 Å². The number of likely N-dealkylation sites (tertiary alicyclic amines) is 1. The molecule has 1 unspecified atom stereocenters. The molecule has 0 aliphatic carbocycles. The van der Waals surface area contributed by atoms with Gasteiger partial charge in [0.25, 0.3) is 0 Å². The van der Waals surface area contributed by atoms with E-state index >= 15 is 0 Å². The number of nitrogens with one attached hydrogen (secondary N) is 4. The van der Waals surface area contributed by atoms with Gasteiger partial charge in [0.15, 0.2) is 5.65 Å². The first kappa shape index (κ1) is 21.3. The van der Waals surface area contributed by atoms with Crippen LogP contribution in [0.15, 0.2) is 16.9 Å². The lowest BCUT2D eigenvalue weighted by Gasteiger charge is -2.24. The summed E-state index contributed by atoms with van der Waals surface area (Å²) in [6.45, 7) is 6.30. The Bertz CT molecular complexity index is 1000. The molecule has 3 heterocycles. The number of ether oxygens (including phenoxy) is 1. The molecule has 3 amide bonds.